The lowest BCUT2D eigenvalue weighted by Gasteiger charge is -2.20. The Labute approximate surface area is 103 Å². The molecule has 0 aromatic heterocycles. The average molecular weight is 235 g/mol. The maximum atomic E-state index is 11.4. The number of benzene rings is 1. The molecule has 0 aliphatic carbocycles. The average Bonchev–Trinajstić information content (AvgIpc) is 2.30. The molecule has 0 bridgehead atoms. The van der Waals surface area contributed by atoms with Gasteiger partial charge in [-0.05, 0) is 18.9 Å². The fourth-order valence-electron chi connectivity index (χ4n) is 1.68. The summed E-state index contributed by atoms with van der Waals surface area (Å²) in [5.41, 5.74) is 1.08. The summed E-state index contributed by atoms with van der Waals surface area (Å²) < 4.78 is 0. The summed E-state index contributed by atoms with van der Waals surface area (Å²) in [6, 6.07) is 9.58. The number of hydrogen-bond donors (Lipinski definition) is 2. The van der Waals surface area contributed by atoms with Gasteiger partial charge >= 0.3 is 0 Å². The Bertz CT molecular complexity index is 337. The van der Waals surface area contributed by atoms with Crippen molar-refractivity contribution in [2.75, 3.05) is 0 Å². The fraction of sp³-hybridized carbons (Fsp3) is 0.500. The molecule has 3 heteroatoms. The lowest BCUT2D eigenvalue weighted by atomic mass is 10.0. The summed E-state index contributed by atoms with van der Waals surface area (Å²) in [5, 5.41) is 12.8. The minimum absolute atomic E-state index is 0.00658. The first kappa shape index (κ1) is 13.7. The molecule has 2 unspecified atom stereocenters. The Balaban J connectivity index is 2.42. The molecule has 0 fully saturated rings. The highest BCUT2D eigenvalue weighted by molar-refractivity contribution is 5.76. The van der Waals surface area contributed by atoms with E-state index in [0.29, 0.717) is 12.8 Å². The van der Waals surface area contributed by atoms with Crippen LogP contribution in [0.2, 0.25) is 0 Å². The monoisotopic (exact) mass is 235 g/mol. The quantitative estimate of drug-likeness (QED) is 0.791. The van der Waals surface area contributed by atoms with Crippen LogP contribution < -0.4 is 5.32 Å². The molecule has 0 heterocycles. The Kier molecular flexibility index (Phi) is 5.70. The third-order valence-corrected chi connectivity index (χ3v) is 2.73. The van der Waals surface area contributed by atoms with Crippen LogP contribution in [0.1, 0.15) is 32.3 Å². The molecule has 0 spiro atoms. The lowest BCUT2D eigenvalue weighted by Crippen LogP contribution is -2.41. The van der Waals surface area contributed by atoms with Gasteiger partial charge in [0.25, 0.3) is 0 Å². The van der Waals surface area contributed by atoms with Gasteiger partial charge in [-0.3, -0.25) is 4.79 Å². The van der Waals surface area contributed by atoms with Gasteiger partial charge in [0.1, 0.15) is 0 Å². The molecule has 1 aromatic rings. The van der Waals surface area contributed by atoms with E-state index >= 15 is 0 Å². The van der Waals surface area contributed by atoms with Gasteiger partial charge in [-0.1, -0.05) is 37.3 Å². The number of carbonyl (C=O) groups excluding carboxylic acids is 1. The third kappa shape index (κ3) is 5.00. The normalized spacial score (nSPS) is 14.1. The molecule has 2 atom stereocenters. The van der Waals surface area contributed by atoms with E-state index in [1.54, 1.807) is 0 Å². The van der Waals surface area contributed by atoms with Crippen molar-refractivity contribution in [3.05, 3.63) is 35.9 Å². The van der Waals surface area contributed by atoms with E-state index in [1.807, 2.05) is 44.2 Å². The van der Waals surface area contributed by atoms with Crippen LogP contribution in [0, 0.1) is 0 Å². The van der Waals surface area contributed by atoms with Crippen LogP contribution in [0.4, 0.5) is 0 Å². The number of hydrogen-bond acceptors (Lipinski definition) is 2. The molecule has 0 aliphatic rings. The first-order valence-corrected chi connectivity index (χ1v) is 6.14. The van der Waals surface area contributed by atoms with Crippen molar-refractivity contribution < 1.29 is 9.90 Å². The molecule has 17 heavy (non-hydrogen) atoms. The molecule has 2 N–H and O–H groups in total. The van der Waals surface area contributed by atoms with Crippen molar-refractivity contribution in [2.45, 2.75) is 45.3 Å². The minimum atomic E-state index is -0.543. The number of rotatable bonds is 6. The zero-order valence-corrected chi connectivity index (χ0v) is 10.5. The van der Waals surface area contributed by atoms with E-state index < -0.39 is 6.10 Å². The standard InChI is InChI=1S/C14H21NO2/c1-3-7-14(17)15-11(2)13(16)10-12-8-5-4-6-9-12/h4-6,8-9,11,13,16H,3,7,10H2,1-2H3,(H,15,17). The van der Waals surface area contributed by atoms with Crippen molar-refractivity contribution >= 4 is 5.91 Å². The first-order chi connectivity index (χ1) is 8.13. The Hall–Kier alpha value is -1.35. The largest absolute Gasteiger partial charge is 0.391 e. The maximum Gasteiger partial charge on any atom is 0.220 e. The number of amides is 1. The van der Waals surface area contributed by atoms with Gasteiger partial charge in [-0.15, -0.1) is 0 Å². The highest BCUT2D eigenvalue weighted by Crippen LogP contribution is 2.06. The molecule has 0 saturated heterocycles. The van der Waals surface area contributed by atoms with Crippen LogP contribution in [0.25, 0.3) is 0 Å². The molecule has 0 aliphatic heterocycles. The maximum absolute atomic E-state index is 11.4. The van der Waals surface area contributed by atoms with Crippen LogP contribution in [0.5, 0.6) is 0 Å². The van der Waals surface area contributed by atoms with E-state index in [2.05, 4.69) is 5.32 Å². The lowest BCUT2D eigenvalue weighted by molar-refractivity contribution is -0.122. The minimum Gasteiger partial charge on any atom is -0.391 e. The first-order valence-electron chi connectivity index (χ1n) is 6.14. The number of aliphatic hydroxyl groups is 1. The number of aliphatic hydroxyl groups excluding tert-OH is 1. The van der Waals surface area contributed by atoms with Crippen LogP contribution in [-0.4, -0.2) is 23.2 Å². The second kappa shape index (κ2) is 7.07. The molecule has 0 saturated carbocycles. The van der Waals surface area contributed by atoms with Crippen LogP contribution in [0.3, 0.4) is 0 Å². The van der Waals surface area contributed by atoms with Crippen LogP contribution in [-0.2, 0) is 11.2 Å². The third-order valence-electron chi connectivity index (χ3n) is 2.73. The number of carbonyl (C=O) groups is 1. The zero-order valence-electron chi connectivity index (χ0n) is 10.5. The smallest absolute Gasteiger partial charge is 0.220 e. The molecular weight excluding hydrogens is 214 g/mol. The van der Waals surface area contributed by atoms with Gasteiger partial charge in [0.15, 0.2) is 0 Å². The van der Waals surface area contributed by atoms with Gasteiger partial charge < -0.3 is 10.4 Å². The summed E-state index contributed by atoms with van der Waals surface area (Å²) in [6.45, 7) is 3.80. The molecule has 1 amide bonds. The van der Waals surface area contributed by atoms with Gasteiger partial charge in [0, 0.05) is 12.8 Å². The Morgan fingerprint density at radius 1 is 1.35 bits per heavy atom. The number of nitrogens with one attached hydrogen (secondary N) is 1. The summed E-state index contributed by atoms with van der Waals surface area (Å²) in [4.78, 5) is 11.4. The van der Waals surface area contributed by atoms with Gasteiger partial charge in [0.05, 0.1) is 12.1 Å². The van der Waals surface area contributed by atoms with Crippen molar-refractivity contribution in [3.8, 4) is 0 Å². The van der Waals surface area contributed by atoms with Crippen molar-refractivity contribution in [1.29, 1.82) is 0 Å². The highest BCUT2D eigenvalue weighted by Gasteiger charge is 2.16. The summed E-state index contributed by atoms with van der Waals surface area (Å²) in [7, 11) is 0. The molecule has 94 valence electrons. The van der Waals surface area contributed by atoms with Gasteiger partial charge in [-0.25, -0.2) is 0 Å². The van der Waals surface area contributed by atoms with Crippen molar-refractivity contribution in [2.24, 2.45) is 0 Å². The van der Waals surface area contributed by atoms with Crippen LogP contribution >= 0.6 is 0 Å². The van der Waals surface area contributed by atoms with E-state index in [0.717, 1.165) is 12.0 Å². The van der Waals surface area contributed by atoms with Crippen molar-refractivity contribution in [3.63, 3.8) is 0 Å². The van der Waals surface area contributed by atoms with Crippen molar-refractivity contribution in [1.82, 2.24) is 5.32 Å². The summed E-state index contributed by atoms with van der Waals surface area (Å²) >= 11 is 0. The van der Waals surface area contributed by atoms with Crippen LogP contribution in [0.15, 0.2) is 30.3 Å². The molecule has 3 nitrogen and oxygen atoms in total. The summed E-state index contributed by atoms with van der Waals surface area (Å²) in [6.07, 6.45) is 1.36. The second-order valence-electron chi connectivity index (χ2n) is 4.36. The predicted octanol–water partition coefficient (Wildman–Crippen LogP) is 1.89. The van der Waals surface area contributed by atoms with Gasteiger partial charge in [-0.2, -0.15) is 0 Å². The molecule has 1 rings (SSSR count). The van der Waals surface area contributed by atoms with E-state index in [1.165, 1.54) is 0 Å². The Morgan fingerprint density at radius 3 is 2.59 bits per heavy atom. The molecular formula is C14H21NO2. The SMILES string of the molecule is CCCC(=O)NC(C)C(O)Cc1ccccc1. The predicted molar refractivity (Wildman–Crippen MR) is 68.7 cm³/mol. The second-order valence-corrected chi connectivity index (χ2v) is 4.36. The summed E-state index contributed by atoms with van der Waals surface area (Å²) in [5.74, 6) is 0.00658. The molecule has 0 radical (unpaired) electrons. The van der Waals surface area contributed by atoms with E-state index in [4.69, 9.17) is 0 Å². The van der Waals surface area contributed by atoms with Gasteiger partial charge in [0.2, 0.25) is 5.91 Å². The van der Waals surface area contributed by atoms with E-state index in [9.17, 15) is 9.90 Å². The fourth-order valence-corrected chi connectivity index (χ4v) is 1.68. The van der Waals surface area contributed by atoms with E-state index in [-0.39, 0.29) is 11.9 Å². The zero-order chi connectivity index (χ0) is 12.7. The Morgan fingerprint density at radius 2 is 2.00 bits per heavy atom. The highest BCUT2D eigenvalue weighted by atomic mass is 16.3. The molecule has 1 aromatic carbocycles. The topological polar surface area (TPSA) is 49.3 Å².